The molecule has 0 aromatic heterocycles. The lowest BCUT2D eigenvalue weighted by atomic mass is 10.2. The van der Waals surface area contributed by atoms with Crippen LogP contribution < -0.4 is 5.32 Å². The normalized spacial score (nSPS) is 15.4. The molecule has 0 saturated carbocycles. The minimum absolute atomic E-state index is 0.359. The summed E-state index contributed by atoms with van der Waals surface area (Å²) in [5.74, 6) is 0. The van der Waals surface area contributed by atoms with E-state index >= 15 is 0 Å². The van der Waals surface area contributed by atoms with Gasteiger partial charge in [0.1, 0.15) is 0 Å². The fourth-order valence-electron chi connectivity index (χ4n) is 1.17. The van der Waals surface area contributed by atoms with Gasteiger partial charge in [-0.2, -0.15) is 0 Å². The zero-order chi connectivity index (χ0) is 10.8. The van der Waals surface area contributed by atoms with Crippen LogP contribution >= 0.6 is 0 Å². The molecule has 0 aliphatic rings. The number of aliphatic hydroxyl groups is 1. The summed E-state index contributed by atoms with van der Waals surface area (Å²) in [6.07, 6.45) is 1.37. The molecular formula is C10H23NO3. The van der Waals surface area contributed by atoms with Gasteiger partial charge in [0, 0.05) is 26.9 Å². The maximum atomic E-state index is 9.35. The monoisotopic (exact) mass is 205 g/mol. The molecule has 14 heavy (non-hydrogen) atoms. The molecule has 2 atom stereocenters. The Hall–Kier alpha value is -0.160. The van der Waals surface area contributed by atoms with Crippen LogP contribution in [0.25, 0.3) is 0 Å². The van der Waals surface area contributed by atoms with E-state index in [2.05, 4.69) is 12.2 Å². The summed E-state index contributed by atoms with van der Waals surface area (Å²) < 4.78 is 9.80. The highest BCUT2D eigenvalue weighted by atomic mass is 16.5. The van der Waals surface area contributed by atoms with E-state index in [-0.39, 0.29) is 6.10 Å². The lowest BCUT2D eigenvalue weighted by Gasteiger charge is -2.15. The number of rotatable bonds is 9. The first-order valence-electron chi connectivity index (χ1n) is 5.10. The van der Waals surface area contributed by atoms with Gasteiger partial charge in [-0.15, -0.1) is 0 Å². The Morgan fingerprint density at radius 3 is 2.50 bits per heavy atom. The Balaban J connectivity index is 3.25. The second kappa shape index (κ2) is 9.40. The first-order valence-corrected chi connectivity index (χ1v) is 5.10. The Kier molecular flexibility index (Phi) is 9.29. The fourth-order valence-corrected chi connectivity index (χ4v) is 1.17. The Morgan fingerprint density at radius 2 is 1.93 bits per heavy atom. The predicted octanol–water partition coefficient (Wildman–Crippen LogP) is 0.398. The minimum Gasteiger partial charge on any atom is -0.391 e. The average Bonchev–Trinajstić information content (AvgIpc) is 2.15. The molecule has 0 saturated heterocycles. The second-order valence-corrected chi connectivity index (χ2v) is 3.53. The summed E-state index contributed by atoms with van der Waals surface area (Å²) in [5, 5.41) is 12.7. The average molecular weight is 205 g/mol. The zero-order valence-corrected chi connectivity index (χ0v) is 9.45. The van der Waals surface area contributed by atoms with Gasteiger partial charge in [-0.25, -0.2) is 0 Å². The smallest absolute Gasteiger partial charge is 0.0785 e. The molecule has 0 fully saturated rings. The zero-order valence-electron chi connectivity index (χ0n) is 9.45. The van der Waals surface area contributed by atoms with Gasteiger partial charge >= 0.3 is 0 Å². The molecule has 4 heteroatoms. The van der Waals surface area contributed by atoms with Gasteiger partial charge in [-0.1, -0.05) is 0 Å². The quantitative estimate of drug-likeness (QED) is 0.572. The molecule has 0 amide bonds. The molecule has 0 rings (SSSR count). The van der Waals surface area contributed by atoms with Crippen molar-refractivity contribution < 1.29 is 14.6 Å². The first-order chi connectivity index (χ1) is 6.70. The van der Waals surface area contributed by atoms with Crippen LogP contribution in [-0.2, 0) is 9.47 Å². The van der Waals surface area contributed by atoms with Crippen LogP contribution in [0.4, 0.5) is 0 Å². The number of aliphatic hydroxyl groups excluding tert-OH is 1. The van der Waals surface area contributed by atoms with Gasteiger partial charge in [0.15, 0.2) is 0 Å². The van der Waals surface area contributed by atoms with Crippen molar-refractivity contribution in [3.05, 3.63) is 0 Å². The van der Waals surface area contributed by atoms with Crippen LogP contribution in [0.3, 0.4) is 0 Å². The van der Waals surface area contributed by atoms with E-state index in [4.69, 9.17) is 9.47 Å². The van der Waals surface area contributed by atoms with E-state index in [0.29, 0.717) is 12.6 Å². The highest BCUT2D eigenvalue weighted by Crippen LogP contribution is 1.94. The lowest BCUT2D eigenvalue weighted by Crippen LogP contribution is -2.31. The lowest BCUT2D eigenvalue weighted by molar-refractivity contribution is 0.0588. The van der Waals surface area contributed by atoms with Crippen molar-refractivity contribution in [2.75, 3.05) is 34.0 Å². The topological polar surface area (TPSA) is 50.7 Å². The molecule has 2 unspecified atom stereocenters. The summed E-state index contributed by atoms with van der Waals surface area (Å²) in [6.45, 7) is 4.11. The number of hydrogen-bond acceptors (Lipinski definition) is 4. The molecule has 4 nitrogen and oxygen atoms in total. The molecule has 2 N–H and O–H groups in total. The van der Waals surface area contributed by atoms with Gasteiger partial charge in [-0.05, 0) is 26.3 Å². The Bertz CT molecular complexity index is 122. The Morgan fingerprint density at radius 1 is 1.21 bits per heavy atom. The molecule has 0 aromatic rings. The van der Waals surface area contributed by atoms with Crippen molar-refractivity contribution in [1.29, 1.82) is 0 Å². The van der Waals surface area contributed by atoms with E-state index in [1.165, 1.54) is 0 Å². The molecule has 0 heterocycles. The maximum absolute atomic E-state index is 9.35. The number of ether oxygens (including phenoxy) is 2. The van der Waals surface area contributed by atoms with Crippen molar-refractivity contribution >= 4 is 0 Å². The summed E-state index contributed by atoms with van der Waals surface area (Å²) >= 11 is 0. The van der Waals surface area contributed by atoms with Crippen molar-refractivity contribution in [2.45, 2.75) is 31.9 Å². The van der Waals surface area contributed by atoms with Crippen molar-refractivity contribution in [3.63, 3.8) is 0 Å². The molecule has 0 aromatic carbocycles. The van der Waals surface area contributed by atoms with Gasteiger partial charge in [0.25, 0.3) is 0 Å². The molecule has 86 valence electrons. The molecule has 0 radical (unpaired) electrons. The SMILES string of the molecule is COCCC(C)NCCC(O)COC. The van der Waals surface area contributed by atoms with E-state index in [9.17, 15) is 5.11 Å². The van der Waals surface area contributed by atoms with E-state index in [0.717, 1.165) is 26.0 Å². The second-order valence-electron chi connectivity index (χ2n) is 3.53. The number of methoxy groups -OCH3 is 2. The standard InChI is InChI=1S/C10H23NO3/c1-9(5-7-13-2)11-6-4-10(12)8-14-3/h9-12H,4-8H2,1-3H3. The third-order valence-corrected chi connectivity index (χ3v) is 2.08. The third kappa shape index (κ3) is 8.44. The van der Waals surface area contributed by atoms with Crippen molar-refractivity contribution in [2.24, 2.45) is 0 Å². The fraction of sp³-hybridized carbons (Fsp3) is 1.00. The van der Waals surface area contributed by atoms with Gasteiger partial charge in [0.05, 0.1) is 12.7 Å². The Labute approximate surface area is 86.6 Å². The summed E-state index contributed by atoms with van der Waals surface area (Å²) in [5.41, 5.74) is 0. The third-order valence-electron chi connectivity index (χ3n) is 2.08. The minimum atomic E-state index is -0.359. The highest BCUT2D eigenvalue weighted by molar-refractivity contribution is 4.62. The van der Waals surface area contributed by atoms with Gasteiger partial charge in [-0.3, -0.25) is 0 Å². The highest BCUT2D eigenvalue weighted by Gasteiger charge is 2.04. The van der Waals surface area contributed by atoms with Gasteiger partial charge in [0.2, 0.25) is 0 Å². The van der Waals surface area contributed by atoms with Crippen LogP contribution in [0.15, 0.2) is 0 Å². The largest absolute Gasteiger partial charge is 0.391 e. The molecule has 0 aliphatic carbocycles. The molecule has 0 bridgehead atoms. The number of hydrogen-bond donors (Lipinski definition) is 2. The van der Waals surface area contributed by atoms with E-state index in [1.54, 1.807) is 14.2 Å². The van der Waals surface area contributed by atoms with Crippen LogP contribution in [0, 0.1) is 0 Å². The van der Waals surface area contributed by atoms with Crippen LogP contribution in [0.2, 0.25) is 0 Å². The summed E-state index contributed by atoms with van der Waals surface area (Å²) in [4.78, 5) is 0. The first kappa shape index (κ1) is 13.8. The predicted molar refractivity (Wildman–Crippen MR) is 56.5 cm³/mol. The molecule has 0 spiro atoms. The number of nitrogens with one attached hydrogen (secondary N) is 1. The molecular weight excluding hydrogens is 182 g/mol. The summed E-state index contributed by atoms with van der Waals surface area (Å²) in [6, 6.07) is 0.435. The van der Waals surface area contributed by atoms with Crippen molar-refractivity contribution in [1.82, 2.24) is 5.32 Å². The van der Waals surface area contributed by atoms with Crippen molar-refractivity contribution in [3.8, 4) is 0 Å². The van der Waals surface area contributed by atoms with Gasteiger partial charge < -0.3 is 19.9 Å². The molecule has 0 aliphatic heterocycles. The maximum Gasteiger partial charge on any atom is 0.0785 e. The van der Waals surface area contributed by atoms with E-state index in [1.807, 2.05) is 0 Å². The van der Waals surface area contributed by atoms with Crippen LogP contribution in [0.1, 0.15) is 19.8 Å². The van der Waals surface area contributed by atoms with Crippen LogP contribution in [0.5, 0.6) is 0 Å². The van der Waals surface area contributed by atoms with Crippen LogP contribution in [-0.4, -0.2) is 51.2 Å². The summed E-state index contributed by atoms with van der Waals surface area (Å²) in [7, 11) is 3.30. The van der Waals surface area contributed by atoms with E-state index < -0.39 is 0 Å².